The van der Waals surface area contributed by atoms with E-state index in [0.717, 1.165) is 6.07 Å². The highest BCUT2D eigenvalue weighted by Crippen LogP contribution is 2.35. The molecule has 2 aromatic carbocycles. The summed E-state index contributed by atoms with van der Waals surface area (Å²) >= 11 is 0. The highest BCUT2D eigenvalue weighted by atomic mass is 19.4. The van der Waals surface area contributed by atoms with Crippen molar-refractivity contribution in [2.45, 2.75) is 6.18 Å². The van der Waals surface area contributed by atoms with Gasteiger partial charge in [0.05, 0.1) is 40.4 Å². The molecule has 0 aliphatic heterocycles. The molecular formula is C20H12F4N4O. The summed E-state index contributed by atoms with van der Waals surface area (Å²) in [5.41, 5.74) is -0.243. The molecule has 29 heavy (non-hydrogen) atoms. The average Bonchev–Trinajstić information content (AvgIpc) is 3.12. The lowest BCUT2D eigenvalue weighted by molar-refractivity contribution is -0.136. The highest BCUT2D eigenvalue weighted by molar-refractivity contribution is 6.12. The predicted molar refractivity (Wildman–Crippen MR) is 98.2 cm³/mol. The third-order valence-corrected chi connectivity index (χ3v) is 4.29. The van der Waals surface area contributed by atoms with E-state index in [-0.39, 0.29) is 11.3 Å². The lowest BCUT2D eigenvalue weighted by Crippen LogP contribution is -2.17. The topological polar surface area (TPSA) is 59.8 Å². The number of carbonyl (C=O) groups excluding carboxylic acids is 1. The summed E-state index contributed by atoms with van der Waals surface area (Å²) in [6.07, 6.45) is -0.483. The minimum absolute atomic E-state index is 0.0628. The van der Waals surface area contributed by atoms with Crippen molar-refractivity contribution in [2.75, 3.05) is 5.32 Å². The number of hydrogen-bond donors (Lipinski definition) is 1. The Morgan fingerprint density at radius 1 is 0.966 bits per heavy atom. The Morgan fingerprint density at radius 3 is 2.41 bits per heavy atom. The fraction of sp³-hybridized carbons (Fsp3) is 0.0500. The van der Waals surface area contributed by atoms with Crippen LogP contribution in [-0.4, -0.2) is 20.7 Å². The standard InChI is InChI=1S/C20H12F4N4O/c21-12-5-7-13(8-6-12)28-18-11-25-9-15(14(18)10-26-28)19(29)27-17-4-2-1-3-16(17)20(22,23)24/h1-11H,(H,27,29). The smallest absolute Gasteiger partial charge is 0.321 e. The van der Waals surface area contributed by atoms with Gasteiger partial charge in [0.15, 0.2) is 0 Å². The van der Waals surface area contributed by atoms with Crippen molar-refractivity contribution >= 4 is 22.5 Å². The highest BCUT2D eigenvalue weighted by Gasteiger charge is 2.33. The van der Waals surface area contributed by atoms with Crippen molar-refractivity contribution in [3.8, 4) is 5.69 Å². The summed E-state index contributed by atoms with van der Waals surface area (Å²) < 4.78 is 54.1. The zero-order chi connectivity index (χ0) is 20.6. The van der Waals surface area contributed by atoms with Gasteiger partial charge in [0.1, 0.15) is 5.82 Å². The number of nitrogens with zero attached hydrogens (tertiary/aromatic N) is 3. The fourth-order valence-corrected chi connectivity index (χ4v) is 2.94. The quantitative estimate of drug-likeness (QED) is 0.501. The number of pyridine rings is 1. The van der Waals surface area contributed by atoms with Gasteiger partial charge in [0.2, 0.25) is 0 Å². The average molecular weight is 400 g/mol. The van der Waals surface area contributed by atoms with Crippen LogP contribution in [0.15, 0.2) is 67.1 Å². The first-order valence-corrected chi connectivity index (χ1v) is 8.40. The van der Waals surface area contributed by atoms with Crippen molar-refractivity contribution in [2.24, 2.45) is 0 Å². The van der Waals surface area contributed by atoms with E-state index >= 15 is 0 Å². The lowest BCUT2D eigenvalue weighted by atomic mass is 10.1. The molecule has 146 valence electrons. The Hall–Kier alpha value is -3.75. The molecule has 0 saturated heterocycles. The van der Waals surface area contributed by atoms with Crippen LogP contribution >= 0.6 is 0 Å². The van der Waals surface area contributed by atoms with E-state index in [1.165, 1.54) is 65.7 Å². The van der Waals surface area contributed by atoms with Gasteiger partial charge in [-0.25, -0.2) is 9.07 Å². The molecule has 0 atom stereocenters. The molecule has 2 aromatic heterocycles. The molecule has 4 rings (SSSR count). The van der Waals surface area contributed by atoms with E-state index in [1.54, 1.807) is 0 Å². The lowest BCUT2D eigenvalue weighted by Gasteiger charge is -2.13. The van der Waals surface area contributed by atoms with Gasteiger partial charge in [-0.15, -0.1) is 0 Å². The zero-order valence-corrected chi connectivity index (χ0v) is 14.6. The monoisotopic (exact) mass is 400 g/mol. The van der Waals surface area contributed by atoms with Crippen LogP contribution in [0.1, 0.15) is 15.9 Å². The first-order chi connectivity index (χ1) is 13.8. The van der Waals surface area contributed by atoms with Crippen LogP contribution in [0.5, 0.6) is 0 Å². The molecule has 0 radical (unpaired) electrons. The number of carbonyl (C=O) groups is 1. The Bertz CT molecular complexity index is 1200. The van der Waals surface area contributed by atoms with Gasteiger partial charge in [-0.05, 0) is 36.4 Å². The summed E-state index contributed by atoms with van der Waals surface area (Å²) in [5, 5.41) is 6.89. The molecule has 2 heterocycles. The molecule has 4 aromatic rings. The molecule has 5 nitrogen and oxygen atoms in total. The Morgan fingerprint density at radius 2 is 1.69 bits per heavy atom. The first kappa shape index (κ1) is 18.6. The predicted octanol–water partition coefficient (Wildman–Crippen LogP) is 4.83. The summed E-state index contributed by atoms with van der Waals surface area (Å²) in [6, 6.07) is 10.3. The van der Waals surface area contributed by atoms with Crippen LogP contribution in [-0.2, 0) is 6.18 Å². The van der Waals surface area contributed by atoms with Crippen molar-refractivity contribution in [3.05, 3.63) is 84.1 Å². The molecule has 0 aliphatic carbocycles. The number of fused-ring (bicyclic) bond motifs is 1. The second-order valence-electron chi connectivity index (χ2n) is 6.15. The number of halogens is 4. The normalized spacial score (nSPS) is 11.6. The minimum Gasteiger partial charge on any atom is -0.321 e. The molecule has 9 heteroatoms. The molecule has 0 saturated carbocycles. The van der Waals surface area contributed by atoms with Gasteiger partial charge in [-0.1, -0.05) is 12.1 Å². The molecule has 1 N–H and O–H groups in total. The van der Waals surface area contributed by atoms with E-state index < -0.39 is 23.5 Å². The maximum absolute atomic E-state index is 13.2. The van der Waals surface area contributed by atoms with E-state index in [2.05, 4.69) is 15.4 Å². The number of alkyl halides is 3. The second-order valence-corrected chi connectivity index (χ2v) is 6.15. The minimum atomic E-state index is -4.61. The van der Waals surface area contributed by atoms with Crippen LogP contribution in [0.25, 0.3) is 16.6 Å². The van der Waals surface area contributed by atoms with Gasteiger partial charge in [0.25, 0.3) is 5.91 Å². The third-order valence-electron chi connectivity index (χ3n) is 4.29. The SMILES string of the molecule is O=C(Nc1ccccc1C(F)(F)F)c1cncc2c1cnn2-c1ccc(F)cc1. The molecule has 0 spiro atoms. The van der Waals surface area contributed by atoms with Crippen molar-refractivity contribution in [1.29, 1.82) is 0 Å². The number of anilines is 1. The Kier molecular flexibility index (Phi) is 4.50. The van der Waals surface area contributed by atoms with Gasteiger partial charge in [-0.2, -0.15) is 18.3 Å². The summed E-state index contributed by atoms with van der Waals surface area (Å²) in [7, 11) is 0. The van der Waals surface area contributed by atoms with E-state index in [9.17, 15) is 22.4 Å². The first-order valence-electron chi connectivity index (χ1n) is 8.40. The van der Waals surface area contributed by atoms with Crippen LogP contribution in [0.3, 0.4) is 0 Å². The molecule has 1 amide bonds. The molecule has 0 bridgehead atoms. The number of benzene rings is 2. The maximum Gasteiger partial charge on any atom is 0.418 e. The van der Waals surface area contributed by atoms with Gasteiger partial charge < -0.3 is 5.32 Å². The van der Waals surface area contributed by atoms with Gasteiger partial charge >= 0.3 is 6.18 Å². The van der Waals surface area contributed by atoms with E-state index in [0.29, 0.717) is 16.6 Å². The number of hydrogen-bond acceptors (Lipinski definition) is 3. The van der Waals surface area contributed by atoms with E-state index in [4.69, 9.17) is 0 Å². The molecule has 0 fully saturated rings. The van der Waals surface area contributed by atoms with Crippen molar-refractivity contribution in [1.82, 2.24) is 14.8 Å². The Balaban J connectivity index is 1.72. The molecule has 0 aliphatic rings. The molecular weight excluding hydrogens is 388 g/mol. The third kappa shape index (κ3) is 3.54. The van der Waals surface area contributed by atoms with Gasteiger partial charge in [-0.3, -0.25) is 9.78 Å². The summed E-state index contributed by atoms with van der Waals surface area (Å²) in [4.78, 5) is 16.7. The van der Waals surface area contributed by atoms with Crippen LogP contribution in [0.2, 0.25) is 0 Å². The summed E-state index contributed by atoms with van der Waals surface area (Å²) in [6.45, 7) is 0. The Labute approximate surface area is 161 Å². The van der Waals surface area contributed by atoms with Crippen LogP contribution in [0.4, 0.5) is 23.2 Å². The number of amides is 1. The number of aromatic nitrogens is 3. The van der Waals surface area contributed by atoms with Crippen molar-refractivity contribution < 1.29 is 22.4 Å². The number of para-hydroxylation sites is 1. The molecule has 0 unspecified atom stereocenters. The van der Waals surface area contributed by atoms with Crippen LogP contribution in [0, 0.1) is 5.82 Å². The second kappa shape index (κ2) is 7.01. The number of nitrogens with one attached hydrogen (secondary N) is 1. The maximum atomic E-state index is 13.2. The van der Waals surface area contributed by atoms with Crippen LogP contribution < -0.4 is 5.32 Å². The summed E-state index contributed by atoms with van der Waals surface area (Å²) in [5.74, 6) is -1.16. The van der Waals surface area contributed by atoms with E-state index in [1.807, 2.05) is 0 Å². The fourth-order valence-electron chi connectivity index (χ4n) is 2.94. The van der Waals surface area contributed by atoms with Gasteiger partial charge in [0, 0.05) is 11.6 Å². The van der Waals surface area contributed by atoms with Crippen molar-refractivity contribution in [3.63, 3.8) is 0 Å². The zero-order valence-electron chi connectivity index (χ0n) is 14.6. The number of rotatable bonds is 3. The largest absolute Gasteiger partial charge is 0.418 e.